The fraction of sp³-hybridized carbons (Fsp3) is 0. The quantitative estimate of drug-likeness (QED) is 0.524. The Labute approximate surface area is 115 Å². The molecule has 0 amide bonds. The van der Waals surface area contributed by atoms with Crippen LogP contribution in [0.25, 0.3) is 22.8 Å². The molecule has 0 N–H and O–H groups in total. The van der Waals surface area contributed by atoms with Crippen molar-refractivity contribution >= 4 is 11.6 Å². The Morgan fingerprint density at radius 2 is 1.58 bits per heavy atom. The second kappa shape index (κ2) is 4.78. The maximum Gasteiger partial charge on any atom is 0.392 e. The van der Waals surface area contributed by atoms with Gasteiger partial charge in [-0.1, -0.05) is 41.9 Å². The summed E-state index contributed by atoms with van der Waals surface area (Å²) in [7, 11) is 0. The standard InChI is InChI=1S/C15H10ClNO2/c16-13-8-6-12(7-9-13)15-17(18)10-14(19-15)11-4-2-1-3-5-11/h1-10H. The van der Waals surface area contributed by atoms with E-state index in [-0.39, 0.29) is 5.89 Å². The summed E-state index contributed by atoms with van der Waals surface area (Å²) in [5.41, 5.74) is 1.56. The van der Waals surface area contributed by atoms with E-state index in [1.807, 2.05) is 30.3 Å². The number of halogens is 1. The summed E-state index contributed by atoms with van der Waals surface area (Å²) in [6.45, 7) is 0. The van der Waals surface area contributed by atoms with Gasteiger partial charge in [0.25, 0.3) is 0 Å². The summed E-state index contributed by atoms with van der Waals surface area (Å²) >= 11 is 5.82. The monoisotopic (exact) mass is 271 g/mol. The molecule has 0 unspecified atom stereocenters. The molecule has 0 fully saturated rings. The van der Waals surface area contributed by atoms with E-state index in [0.717, 1.165) is 10.3 Å². The van der Waals surface area contributed by atoms with Crippen LogP contribution in [-0.4, -0.2) is 0 Å². The Hall–Kier alpha value is -2.26. The summed E-state index contributed by atoms with van der Waals surface area (Å²) in [6, 6.07) is 16.5. The molecule has 3 nitrogen and oxygen atoms in total. The molecule has 94 valence electrons. The van der Waals surface area contributed by atoms with Gasteiger partial charge in [0, 0.05) is 10.6 Å². The van der Waals surface area contributed by atoms with Gasteiger partial charge in [-0.2, -0.15) is 0 Å². The third kappa shape index (κ3) is 2.33. The van der Waals surface area contributed by atoms with Crippen molar-refractivity contribution in [1.29, 1.82) is 0 Å². The topological polar surface area (TPSA) is 40.1 Å². The molecular formula is C15H10ClNO2. The predicted molar refractivity (Wildman–Crippen MR) is 73.6 cm³/mol. The first-order valence-electron chi connectivity index (χ1n) is 5.78. The van der Waals surface area contributed by atoms with E-state index in [9.17, 15) is 5.21 Å². The molecule has 0 radical (unpaired) electrons. The molecule has 0 aliphatic heterocycles. The minimum atomic E-state index is 0.260. The fourth-order valence-electron chi connectivity index (χ4n) is 1.86. The highest BCUT2D eigenvalue weighted by atomic mass is 35.5. The number of aromatic nitrogens is 1. The molecule has 1 heterocycles. The predicted octanol–water partition coefficient (Wildman–Crippen LogP) is 3.90. The van der Waals surface area contributed by atoms with Crippen molar-refractivity contribution in [3.63, 3.8) is 0 Å². The molecule has 3 aromatic rings. The molecule has 0 atom stereocenters. The highest BCUT2D eigenvalue weighted by molar-refractivity contribution is 6.30. The average Bonchev–Trinajstić information content (AvgIpc) is 2.83. The molecule has 0 spiro atoms. The number of oxazole rings is 1. The first kappa shape index (κ1) is 11.8. The molecule has 2 aromatic carbocycles. The zero-order valence-corrected chi connectivity index (χ0v) is 10.7. The molecule has 0 saturated carbocycles. The van der Waals surface area contributed by atoms with Crippen molar-refractivity contribution in [2.45, 2.75) is 0 Å². The summed E-state index contributed by atoms with van der Waals surface area (Å²) in [5, 5.41) is 12.5. The van der Waals surface area contributed by atoms with Crippen LogP contribution in [0.3, 0.4) is 0 Å². The highest BCUT2D eigenvalue weighted by Crippen LogP contribution is 2.25. The summed E-state index contributed by atoms with van der Waals surface area (Å²) < 4.78 is 6.36. The van der Waals surface area contributed by atoms with E-state index in [4.69, 9.17) is 16.0 Å². The van der Waals surface area contributed by atoms with Crippen LogP contribution in [-0.2, 0) is 0 Å². The molecule has 3 rings (SSSR count). The van der Waals surface area contributed by atoms with E-state index < -0.39 is 0 Å². The van der Waals surface area contributed by atoms with Crippen molar-refractivity contribution in [1.82, 2.24) is 0 Å². The Morgan fingerprint density at radius 3 is 2.26 bits per heavy atom. The van der Waals surface area contributed by atoms with Crippen LogP contribution >= 0.6 is 11.6 Å². The van der Waals surface area contributed by atoms with Crippen LogP contribution < -0.4 is 4.73 Å². The lowest BCUT2D eigenvalue weighted by Crippen LogP contribution is -2.24. The smallest absolute Gasteiger partial charge is 0.392 e. The van der Waals surface area contributed by atoms with Gasteiger partial charge in [-0.05, 0) is 24.3 Å². The maximum atomic E-state index is 11.9. The largest absolute Gasteiger partial charge is 0.616 e. The molecular weight excluding hydrogens is 262 g/mol. The van der Waals surface area contributed by atoms with Crippen molar-refractivity contribution in [2.75, 3.05) is 0 Å². The second-order valence-electron chi connectivity index (χ2n) is 4.10. The summed E-state index contributed by atoms with van der Waals surface area (Å²) in [4.78, 5) is 0. The van der Waals surface area contributed by atoms with Crippen molar-refractivity contribution < 1.29 is 9.15 Å². The van der Waals surface area contributed by atoms with Gasteiger partial charge in [0.05, 0.1) is 5.56 Å². The fourth-order valence-corrected chi connectivity index (χ4v) is 1.98. The van der Waals surface area contributed by atoms with Crippen LogP contribution in [0.2, 0.25) is 5.02 Å². The van der Waals surface area contributed by atoms with Gasteiger partial charge in [-0.25, -0.2) is 0 Å². The molecule has 1 aromatic heterocycles. The van der Waals surface area contributed by atoms with Gasteiger partial charge in [-0.3, -0.25) is 0 Å². The Bertz CT molecular complexity index is 690. The Balaban J connectivity index is 2.05. The van der Waals surface area contributed by atoms with E-state index >= 15 is 0 Å². The van der Waals surface area contributed by atoms with E-state index in [2.05, 4.69) is 0 Å². The second-order valence-corrected chi connectivity index (χ2v) is 4.54. The number of benzene rings is 2. The van der Waals surface area contributed by atoms with E-state index in [1.165, 1.54) is 6.20 Å². The normalized spacial score (nSPS) is 10.6. The van der Waals surface area contributed by atoms with E-state index in [1.54, 1.807) is 24.3 Å². The van der Waals surface area contributed by atoms with Crippen molar-refractivity contribution in [2.24, 2.45) is 0 Å². The number of hydrogen-bond acceptors (Lipinski definition) is 2. The molecule has 0 aliphatic rings. The zero-order valence-electron chi connectivity index (χ0n) is 9.92. The number of rotatable bonds is 2. The lowest BCUT2D eigenvalue weighted by molar-refractivity contribution is -0.596. The van der Waals surface area contributed by atoms with Crippen LogP contribution in [0, 0.1) is 5.21 Å². The third-order valence-electron chi connectivity index (χ3n) is 2.79. The van der Waals surface area contributed by atoms with Gasteiger partial charge in [0.15, 0.2) is 0 Å². The first-order valence-corrected chi connectivity index (χ1v) is 6.16. The van der Waals surface area contributed by atoms with Gasteiger partial charge in [0.2, 0.25) is 12.0 Å². The number of hydrogen-bond donors (Lipinski definition) is 0. The van der Waals surface area contributed by atoms with Gasteiger partial charge in [0.1, 0.15) is 0 Å². The summed E-state index contributed by atoms with van der Waals surface area (Å²) in [6.07, 6.45) is 1.43. The highest BCUT2D eigenvalue weighted by Gasteiger charge is 2.18. The molecule has 0 saturated heterocycles. The maximum absolute atomic E-state index is 11.9. The van der Waals surface area contributed by atoms with Crippen LogP contribution in [0.1, 0.15) is 0 Å². The van der Waals surface area contributed by atoms with Gasteiger partial charge >= 0.3 is 5.89 Å². The van der Waals surface area contributed by atoms with Crippen molar-refractivity contribution in [3.05, 3.63) is 71.0 Å². The molecule has 0 aliphatic carbocycles. The lowest BCUT2D eigenvalue weighted by atomic mass is 10.2. The van der Waals surface area contributed by atoms with Gasteiger partial charge in [-0.15, -0.1) is 4.73 Å². The first-order chi connectivity index (χ1) is 9.24. The summed E-state index contributed by atoms with van der Waals surface area (Å²) in [5.74, 6) is 0.802. The van der Waals surface area contributed by atoms with Gasteiger partial charge < -0.3 is 9.62 Å². The van der Waals surface area contributed by atoms with E-state index in [0.29, 0.717) is 16.3 Å². The van der Waals surface area contributed by atoms with Crippen LogP contribution in [0.15, 0.2) is 65.2 Å². The Kier molecular flexibility index (Phi) is 2.97. The van der Waals surface area contributed by atoms with Crippen molar-refractivity contribution in [3.8, 4) is 22.8 Å². The number of nitrogens with zero attached hydrogens (tertiary/aromatic N) is 1. The SMILES string of the molecule is [O-][n+]1cc(-c2ccccc2)oc1-c1ccc(Cl)cc1. The average molecular weight is 272 g/mol. The lowest BCUT2D eigenvalue weighted by Gasteiger charge is -1.96. The third-order valence-corrected chi connectivity index (χ3v) is 3.04. The van der Waals surface area contributed by atoms with Crippen LogP contribution in [0.5, 0.6) is 0 Å². The van der Waals surface area contributed by atoms with Crippen LogP contribution in [0.4, 0.5) is 0 Å². The minimum absolute atomic E-state index is 0.260. The molecule has 19 heavy (non-hydrogen) atoms. The molecule has 4 heteroatoms. The Morgan fingerprint density at radius 1 is 0.895 bits per heavy atom. The molecule has 0 bridgehead atoms. The zero-order chi connectivity index (χ0) is 13.2. The minimum Gasteiger partial charge on any atom is -0.616 e.